The second-order valence-electron chi connectivity index (χ2n) is 10.8. The molecule has 0 amide bonds. The molecule has 0 aliphatic heterocycles. The molecule has 0 aliphatic rings. The molecule has 0 aliphatic carbocycles. The van der Waals surface area contributed by atoms with Gasteiger partial charge in [-0.1, -0.05) is 174 Å². The Morgan fingerprint density at radius 2 is 0.636 bits per heavy atom. The highest BCUT2D eigenvalue weighted by Crippen LogP contribution is 2.16. The van der Waals surface area contributed by atoms with E-state index in [0.717, 1.165) is 12.0 Å². The Kier molecular flexibility index (Phi) is 27.2. The monoisotopic (exact) mass is 462 g/mol. The quantitative estimate of drug-likeness (QED) is 0.0834. The second kappa shape index (κ2) is 27.7. The maximum atomic E-state index is 11.5. The van der Waals surface area contributed by atoms with Crippen molar-refractivity contribution >= 4 is 5.78 Å². The first-order chi connectivity index (χ1) is 16.2. The maximum Gasteiger partial charge on any atom is 0.157 e. The molecule has 0 radical (unpaired) electrons. The highest BCUT2D eigenvalue weighted by atomic mass is 16.1. The number of rotatable bonds is 28. The molecule has 0 atom stereocenters. The van der Waals surface area contributed by atoms with Crippen molar-refractivity contribution in [2.24, 2.45) is 0 Å². The van der Waals surface area contributed by atoms with E-state index in [9.17, 15) is 4.79 Å². The number of allylic oxidation sites excluding steroid dienone is 1. The maximum absolute atomic E-state index is 11.5. The summed E-state index contributed by atoms with van der Waals surface area (Å²) in [5, 5.41) is 0. The van der Waals surface area contributed by atoms with E-state index in [-0.39, 0.29) is 5.78 Å². The van der Waals surface area contributed by atoms with Gasteiger partial charge in [0.25, 0.3) is 0 Å². The van der Waals surface area contributed by atoms with Crippen LogP contribution in [0.2, 0.25) is 0 Å². The van der Waals surface area contributed by atoms with Crippen molar-refractivity contribution in [3.63, 3.8) is 0 Å². The summed E-state index contributed by atoms with van der Waals surface area (Å²) in [6.07, 6.45) is 37.5. The minimum Gasteiger partial charge on any atom is -0.295 e. The van der Waals surface area contributed by atoms with E-state index in [0.29, 0.717) is 6.42 Å². The van der Waals surface area contributed by atoms with Gasteiger partial charge in [0, 0.05) is 6.42 Å². The molecular formula is C32H62O. The fourth-order valence-corrected chi connectivity index (χ4v) is 4.81. The summed E-state index contributed by atoms with van der Waals surface area (Å²) in [5.74, 6) is 0.249. The smallest absolute Gasteiger partial charge is 0.157 e. The molecule has 0 N–H and O–H groups in total. The van der Waals surface area contributed by atoms with Crippen LogP contribution in [0.3, 0.4) is 0 Å². The lowest BCUT2D eigenvalue weighted by molar-refractivity contribution is -0.115. The Morgan fingerprint density at radius 3 is 0.848 bits per heavy atom. The van der Waals surface area contributed by atoms with Crippen LogP contribution in [-0.2, 0) is 4.79 Å². The van der Waals surface area contributed by atoms with Gasteiger partial charge in [-0.25, -0.2) is 0 Å². The molecule has 0 saturated heterocycles. The Morgan fingerprint density at radius 1 is 0.424 bits per heavy atom. The van der Waals surface area contributed by atoms with E-state index in [2.05, 4.69) is 13.5 Å². The molecule has 0 saturated carbocycles. The molecule has 0 rings (SSSR count). The number of unbranched alkanes of at least 4 members (excludes halogenated alkanes) is 25. The number of hydrogen-bond acceptors (Lipinski definition) is 1. The summed E-state index contributed by atoms with van der Waals surface area (Å²) in [6.45, 7) is 7.84. The molecule has 0 fully saturated rings. The van der Waals surface area contributed by atoms with E-state index >= 15 is 0 Å². The summed E-state index contributed by atoms with van der Waals surface area (Å²) in [5.41, 5.74) is 0.717. The molecule has 0 heterocycles. The molecule has 1 nitrogen and oxygen atoms in total. The first-order valence-electron chi connectivity index (χ1n) is 15.4. The summed E-state index contributed by atoms with van der Waals surface area (Å²) in [4.78, 5) is 11.5. The van der Waals surface area contributed by atoms with Gasteiger partial charge in [0.1, 0.15) is 0 Å². The average molecular weight is 463 g/mol. The van der Waals surface area contributed by atoms with Crippen molar-refractivity contribution in [1.82, 2.24) is 0 Å². The van der Waals surface area contributed by atoms with E-state index in [1.165, 1.54) is 161 Å². The lowest BCUT2D eigenvalue weighted by Crippen LogP contribution is -1.97. The highest BCUT2D eigenvalue weighted by molar-refractivity contribution is 5.93. The summed E-state index contributed by atoms with van der Waals surface area (Å²) >= 11 is 0. The fraction of sp³-hybridized carbons (Fsp3) is 0.906. The molecule has 196 valence electrons. The predicted molar refractivity (Wildman–Crippen MR) is 150 cm³/mol. The van der Waals surface area contributed by atoms with Crippen molar-refractivity contribution in [3.05, 3.63) is 12.2 Å². The molecule has 1 heteroatoms. The number of Topliss-reactive ketones (excluding diaryl/α,β-unsaturated/α-hetero) is 1. The predicted octanol–water partition coefficient (Wildman–Crippen LogP) is 11.7. The van der Waals surface area contributed by atoms with Crippen LogP contribution in [-0.4, -0.2) is 5.78 Å². The Balaban J connectivity index is 3.05. The molecule has 0 unspecified atom stereocenters. The number of ketones is 1. The van der Waals surface area contributed by atoms with Crippen molar-refractivity contribution in [2.75, 3.05) is 0 Å². The van der Waals surface area contributed by atoms with Crippen LogP contribution in [0.4, 0.5) is 0 Å². The van der Waals surface area contributed by atoms with Gasteiger partial charge in [0.2, 0.25) is 0 Å². The van der Waals surface area contributed by atoms with E-state index in [1.54, 1.807) is 0 Å². The standard InChI is InChI=1S/C32H62O/c1-4-5-6-7-8-9-10-11-12-13-14-15-16-17-18-19-20-21-22-23-24-25-26-27-28-29-30-32(33)31(2)3/h2,4-30H2,1,3H3. The minimum atomic E-state index is 0.249. The molecule has 33 heavy (non-hydrogen) atoms. The van der Waals surface area contributed by atoms with Crippen molar-refractivity contribution in [2.45, 2.75) is 187 Å². The Labute approximate surface area is 210 Å². The van der Waals surface area contributed by atoms with Gasteiger partial charge in [-0.3, -0.25) is 4.79 Å². The first-order valence-corrected chi connectivity index (χ1v) is 15.4. The molecule has 0 aromatic heterocycles. The van der Waals surface area contributed by atoms with Gasteiger partial charge in [-0.2, -0.15) is 0 Å². The van der Waals surface area contributed by atoms with Gasteiger partial charge in [-0.15, -0.1) is 0 Å². The summed E-state index contributed by atoms with van der Waals surface area (Å²) in [6, 6.07) is 0. The zero-order chi connectivity index (χ0) is 24.2. The number of hydrogen-bond donors (Lipinski definition) is 0. The minimum absolute atomic E-state index is 0.249. The largest absolute Gasteiger partial charge is 0.295 e. The number of carbonyl (C=O) groups is 1. The zero-order valence-electron chi connectivity index (χ0n) is 23.2. The van der Waals surface area contributed by atoms with E-state index in [4.69, 9.17) is 0 Å². The van der Waals surface area contributed by atoms with Crippen molar-refractivity contribution in [1.29, 1.82) is 0 Å². The highest BCUT2D eigenvalue weighted by Gasteiger charge is 2.01. The topological polar surface area (TPSA) is 17.1 Å². The van der Waals surface area contributed by atoms with Gasteiger partial charge in [-0.05, 0) is 18.9 Å². The van der Waals surface area contributed by atoms with Crippen LogP contribution in [0.5, 0.6) is 0 Å². The Bertz CT molecular complexity index is 411. The van der Waals surface area contributed by atoms with Crippen LogP contribution >= 0.6 is 0 Å². The second-order valence-corrected chi connectivity index (χ2v) is 10.8. The summed E-state index contributed by atoms with van der Waals surface area (Å²) in [7, 11) is 0. The normalized spacial score (nSPS) is 11.2. The zero-order valence-corrected chi connectivity index (χ0v) is 23.2. The van der Waals surface area contributed by atoms with Crippen LogP contribution < -0.4 is 0 Å². The van der Waals surface area contributed by atoms with Crippen LogP contribution in [0.25, 0.3) is 0 Å². The third kappa shape index (κ3) is 27.5. The molecule has 0 aromatic rings. The third-order valence-electron chi connectivity index (χ3n) is 7.23. The van der Waals surface area contributed by atoms with Gasteiger partial charge in [0.15, 0.2) is 5.78 Å². The molecular weight excluding hydrogens is 400 g/mol. The first kappa shape index (κ1) is 32.4. The van der Waals surface area contributed by atoms with Crippen LogP contribution in [0.15, 0.2) is 12.2 Å². The lowest BCUT2D eigenvalue weighted by Gasteiger charge is -2.04. The van der Waals surface area contributed by atoms with Gasteiger partial charge >= 0.3 is 0 Å². The van der Waals surface area contributed by atoms with E-state index in [1.807, 2.05) is 6.92 Å². The lowest BCUT2D eigenvalue weighted by atomic mass is 10.0. The van der Waals surface area contributed by atoms with Crippen molar-refractivity contribution < 1.29 is 4.79 Å². The van der Waals surface area contributed by atoms with Crippen LogP contribution in [0.1, 0.15) is 187 Å². The molecule has 0 spiro atoms. The number of carbonyl (C=O) groups excluding carboxylic acids is 1. The summed E-state index contributed by atoms with van der Waals surface area (Å²) < 4.78 is 0. The van der Waals surface area contributed by atoms with Gasteiger partial charge in [0.05, 0.1) is 0 Å². The van der Waals surface area contributed by atoms with E-state index < -0.39 is 0 Å². The SMILES string of the molecule is C=C(C)C(=O)CCCCCCCCCCCCCCCCCCCCCCCCCCCC. The average Bonchev–Trinajstić information content (AvgIpc) is 2.81. The van der Waals surface area contributed by atoms with Crippen LogP contribution in [0, 0.1) is 0 Å². The molecule has 0 aromatic carbocycles. The fourth-order valence-electron chi connectivity index (χ4n) is 4.81. The Hall–Kier alpha value is -0.590. The third-order valence-corrected chi connectivity index (χ3v) is 7.23. The molecule has 0 bridgehead atoms. The van der Waals surface area contributed by atoms with Gasteiger partial charge < -0.3 is 0 Å². The van der Waals surface area contributed by atoms with Crippen molar-refractivity contribution in [3.8, 4) is 0 Å².